The van der Waals surface area contributed by atoms with Gasteiger partial charge in [0.15, 0.2) is 11.6 Å². The molecule has 3 aromatic carbocycles. The van der Waals surface area contributed by atoms with Crippen molar-refractivity contribution in [2.24, 2.45) is 0 Å². The number of fused-ring (bicyclic) bond motifs is 2. The van der Waals surface area contributed by atoms with E-state index in [2.05, 4.69) is 20.6 Å². The molecule has 0 radical (unpaired) electrons. The first-order valence-corrected chi connectivity index (χ1v) is 15.8. The number of carbonyl (C=O) groups is 4. The van der Waals surface area contributed by atoms with Gasteiger partial charge in [-0.05, 0) is 42.2 Å². The summed E-state index contributed by atoms with van der Waals surface area (Å²) in [5.41, 5.74) is 3.68. The fourth-order valence-corrected chi connectivity index (χ4v) is 5.73. The average Bonchev–Trinajstić information content (AvgIpc) is 3.08. The van der Waals surface area contributed by atoms with E-state index in [0.29, 0.717) is 35.2 Å². The van der Waals surface area contributed by atoms with E-state index in [4.69, 9.17) is 0 Å². The van der Waals surface area contributed by atoms with Gasteiger partial charge in [0, 0.05) is 55.0 Å². The lowest BCUT2D eigenvalue weighted by Gasteiger charge is -2.18. The largest absolute Gasteiger partial charge is 0.359 e. The third-order valence-electron chi connectivity index (χ3n) is 8.21. The van der Waals surface area contributed by atoms with Gasteiger partial charge in [-0.3, -0.25) is 29.1 Å². The van der Waals surface area contributed by atoms with E-state index in [1.807, 2.05) is 54.6 Å². The van der Waals surface area contributed by atoms with Crippen molar-refractivity contribution >= 4 is 50.9 Å². The molecule has 0 aliphatic heterocycles. The number of nitrogens with one attached hydrogen (secondary N) is 2. The molecule has 0 aliphatic rings. The lowest BCUT2D eigenvalue weighted by atomic mass is 9.88. The Morgan fingerprint density at radius 2 is 1.28 bits per heavy atom. The topological polar surface area (TPSA) is 118 Å². The van der Waals surface area contributed by atoms with Crippen LogP contribution in [0.25, 0.3) is 21.8 Å². The number of rotatable bonds is 15. The van der Waals surface area contributed by atoms with Crippen LogP contribution in [0.1, 0.15) is 72.3 Å². The number of hydrogen-bond donors (Lipinski definition) is 2. The van der Waals surface area contributed by atoms with Gasteiger partial charge >= 0.3 is 0 Å². The van der Waals surface area contributed by atoms with Crippen LogP contribution in [0.2, 0.25) is 0 Å². The molecule has 0 bridgehead atoms. The number of hydrogen-bond acceptors (Lipinski definition) is 6. The second-order valence-electron chi connectivity index (χ2n) is 11.4. The van der Waals surface area contributed by atoms with Crippen molar-refractivity contribution in [2.45, 2.75) is 57.3 Å². The van der Waals surface area contributed by atoms with E-state index in [0.717, 1.165) is 54.0 Å². The van der Waals surface area contributed by atoms with E-state index < -0.39 is 11.8 Å². The highest BCUT2D eigenvalue weighted by Gasteiger charge is 2.30. The first-order chi connectivity index (χ1) is 22.4. The summed E-state index contributed by atoms with van der Waals surface area (Å²) in [5, 5.41) is 7.37. The van der Waals surface area contributed by atoms with Crippen LogP contribution in [-0.4, -0.2) is 40.4 Å². The molecule has 1 atom stereocenters. The minimum absolute atomic E-state index is 0.0179. The minimum Gasteiger partial charge on any atom is -0.359 e. The van der Waals surface area contributed by atoms with Gasteiger partial charge in [-0.25, -0.2) is 0 Å². The molecule has 0 spiro atoms. The second kappa shape index (κ2) is 15.7. The Labute approximate surface area is 268 Å². The zero-order valence-electron chi connectivity index (χ0n) is 26.0. The zero-order valence-corrected chi connectivity index (χ0v) is 26.0. The number of benzene rings is 3. The number of unbranched alkanes of at least 4 members (excludes halogenated alkanes) is 4. The summed E-state index contributed by atoms with van der Waals surface area (Å²) >= 11 is 0. The third-order valence-corrected chi connectivity index (χ3v) is 8.21. The van der Waals surface area contributed by atoms with Crippen LogP contribution in [-0.2, 0) is 20.8 Å². The van der Waals surface area contributed by atoms with E-state index in [1.54, 1.807) is 49.8 Å². The van der Waals surface area contributed by atoms with E-state index in [-0.39, 0.29) is 23.9 Å². The Morgan fingerprint density at radius 3 is 2.00 bits per heavy atom. The number of ketones is 2. The fraction of sp³-hybridized carbons (Fsp3) is 0.263. The highest BCUT2D eigenvalue weighted by molar-refractivity contribution is 6.14. The van der Waals surface area contributed by atoms with Crippen LogP contribution in [0.15, 0.2) is 97.3 Å². The van der Waals surface area contributed by atoms with Crippen LogP contribution in [0.4, 0.5) is 5.69 Å². The van der Waals surface area contributed by atoms with E-state index in [9.17, 15) is 19.2 Å². The summed E-state index contributed by atoms with van der Waals surface area (Å²) < 4.78 is 0. The molecular weight excluding hydrogens is 576 g/mol. The normalized spacial score (nSPS) is 11.7. The number of pyridine rings is 2. The second-order valence-corrected chi connectivity index (χ2v) is 11.4. The van der Waals surface area contributed by atoms with Gasteiger partial charge in [0.05, 0.1) is 16.7 Å². The number of anilines is 1. The number of amides is 2. The molecule has 46 heavy (non-hydrogen) atoms. The van der Waals surface area contributed by atoms with Crippen molar-refractivity contribution in [3.63, 3.8) is 0 Å². The third kappa shape index (κ3) is 8.07. The predicted molar refractivity (Wildman–Crippen MR) is 181 cm³/mol. The smallest absolute Gasteiger partial charge is 0.239 e. The highest BCUT2D eigenvalue weighted by atomic mass is 16.2. The lowest BCUT2D eigenvalue weighted by molar-refractivity contribution is -0.127. The maximum absolute atomic E-state index is 14.0. The molecule has 1 unspecified atom stereocenters. The Balaban J connectivity index is 1.31. The molecule has 8 nitrogen and oxygen atoms in total. The molecule has 0 saturated heterocycles. The summed E-state index contributed by atoms with van der Waals surface area (Å²) in [5.74, 6) is -1.79. The molecule has 8 heteroatoms. The predicted octanol–water partition coefficient (Wildman–Crippen LogP) is 6.98. The number of carbonyl (C=O) groups excluding carboxylic acids is 4. The summed E-state index contributed by atoms with van der Waals surface area (Å²) in [7, 11) is 1.64. The molecule has 2 heterocycles. The Hall–Kier alpha value is -5.24. The van der Waals surface area contributed by atoms with Crippen molar-refractivity contribution in [2.75, 3.05) is 12.4 Å². The SMILES string of the molecule is CNC(=O)CCCCCCCC(=O)c1ccc(C(C(=O)Cc2cccc3cccnc23)C(=O)Nc2cccc3cccnc23)cc1. The van der Waals surface area contributed by atoms with Crippen LogP contribution in [0.3, 0.4) is 0 Å². The molecule has 5 rings (SSSR count). The summed E-state index contributed by atoms with van der Waals surface area (Å²) in [6.07, 6.45) is 8.77. The van der Waals surface area contributed by atoms with Gasteiger partial charge < -0.3 is 10.6 Å². The van der Waals surface area contributed by atoms with Gasteiger partial charge in [0.25, 0.3) is 0 Å². The monoisotopic (exact) mass is 614 g/mol. The van der Waals surface area contributed by atoms with Crippen molar-refractivity contribution in [1.29, 1.82) is 0 Å². The Morgan fingerprint density at radius 1 is 0.674 bits per heavy atom. The first-order valence-electron chi connectivity index (χ1n) is 15.8. The summed E-state index contributed by atoms with van der Waals surface area (Å²) in [4.78, 5) is 61.1. The Bertz CT molecular complexity index is 1750. The molecule has 5 aromatic rings. The number of para-hydroxylation sites is 2. The van der Waals surface area contributed by atoms with Gasteiger partial charge in [0.2, 0.25) is 11.8 Å². The van der Waals surface area contributed by atoms with E-state index >= 15 is 0 Å². The van der Waals surface area contributed by atoms with Crippen LogP contribution in [0.5, 0.6) is 0 Å². The van der Waals surface area contributed by atoms with Gasteiger partial charge in [-0.15, -0.1) is 0 Å². The first kappa shape index (κ1) is 32.2. The van der Waals surface area contributed by atoms with Crippen LogP contribution in [0, 0.1) is 0 Å². The number of nitrogens with zero attached hydrogens (tertiary/aromatic N) is 2. The standard InChI is InChI=1S/C38H38N4O4/c1-39-34(45)18-6-4-2-3-5-17-32(43)26-19-21-27(22-20-26)35(33(44)25-30-13-7-11-28-14-9-23-40-36(28)30)38(46)42-31-16-8-12-29-15-10-24-41-37(29)31/h7-16,19-24,35H,2-6,17-18,25H2,1H3,(H,39,45)(H,42,46). The van der Waals surface area contributed by atoms with Crippen molar-refractivity contribution in [3.8, 4) is 0 Å². The quantitative estimate of drug-likeness (QED) is 0.0747. The molecule has 0 aliphatic carbocycles. The van der Waals surface area contributed by atoms with E-state index in [1.165, 1.54) is 0 Å². The minimum atomic E-state index is -1.11. The molecule has 0 saturated carbocycles. The van der Waals surface area contributed by atoms with Crippen LogP contribution >= 0.6 is 0 Å². The van der Waals surface area contributed by atoms with Gasteiger partial charge in [0.1, 0.15) is 5.92 Å². The van der Waals surface area contributed by atoms with Crippen LogP contribution < -0.4 is 10.6 Å². The zero-order chi connectivity index (χ0) is 32.3. The summed E-state index contributed by atoms with van der Waals surface area (Å²) in [6, 6.07) is 25.6. The van der Waals surface area contributed by atoms with Crippen molar-refractivity contribution in [3.05, 3.63) is 114 Å². The maximum atomic E-state index is 14.0. The highest BCUT2D eigenvalue weighted by Crippen LogP contribution is 2.27. The number of Topliss-reactive ketones (excluding diaryl/α,β-unsaturated/α-hetero) is 2. The van der Waals surface area contributed by atoms with Crippen molar-refractivity contribution in [1.82, 2.24) is 15.3 Å². The molecule has 0 fully saturated rings. The molecule has 234 valence electrons. The fourth-order valence-electron chi connectivity index (χ4n) is 5.73. The lowest BCUT2D eigenvalue weighted by Crippen LogP contribution is -2.29. The number of aromatic nitrogens is 2. The van der Waals surface area contributed by atoms with Gasteiger partial charge in [-0.1, -0.05) is 86.0 Å². The maximum Gasteiger partial charge on any atom is 0.239 e. The molecule has 2 N–H and O–H groups in total. The summed E-state index contributed by atoms with van der Waals surface area (Å²) in [6.45, 7) is 0. The molecular formula is C38H38N4O4. The Kier molecular flexibility index (Phi) is 10.9. The average molecular weight is 615 g/mol. The van der Waals surface area contributed by atoms with Gasteiger partial charge in [-0.2, -0.15) is 0 Å². The molecule has 2 aromatic heterocycles. The van der Waals surface area contributed by atoms with Crippen molar-refractivity contribution < 1.29 is 19.2 Å². The molecule has 2 amide bonds.